The number of hydrogen-bond donors (Lipinski definition) is 2. The number of carbonyl (C=O) groups excluding carboxylic acids is 1. The van der Waals surface area contributed by atoms with E-state index in [-0.39, 0.29) is 17.1 Å². The van der Waals surface area contributed by atoms with Gasteiger partial charge in [-0.05, 0) is 46.9 Å². The van der Waals surface area contributed by atoms with Crippen molar-refractivity contribution in [1.82, 2.24) is 4.98 Å². The molecule has 0 bridgehead atoms. The van der Waals surface area contributed by atoms with Crippen molar-refractivity contribution in [2.75, 3.05) is 17.7 Å². The van der Waals surface area contributed by atoms with Gasteiger partial charge in [0.15, 0.2) is 0 Å². The van der Waals surface area contributed by atoms with E-state index in [2.05, 4.69) is 38.2 Å². The van der Waals surface area contributed by atoms with E-state index in [4.69, 9.17) is 0 Å². The highest BCUT2D eigenvalue weighted by Gasteiger charge is 2.17. The predicted molar refractivity (Wildman–Crippen MR) is 87.6 cm³/mol. The normalized spacial score (nSPS) is 10.0. The first kappa shape index (κ1) is 15.2. The number of carbonyl (C=O) groups is 1. The van der Waals surface area contributed by atoms with Gasteiger partial charge in [-0.25, -0.2) is 4.98 Å². The molecule has 0 spiro atoms. The number of nitrogens with zero attached hydrogens (tertiary/aromatic N) is 2. The number of halogens is 1. The zero-order valence-corrected chi connectivity index (χ0v) is 13.1. The third-order valence-electron chi connectivity index (χ3n) is 2.67. The van der Waals surface area contributed by atoms with Crippen LogP contribution in [0, 0.1) is 13.7 Å². The van der Waals surface area contributed by atoms with Crippen molar-refractivity contribution < 1.29 is 9.72 Å². The zero-order chi connectivity index (χ0) is 15.4. The highest BCUT2D eigenvalue weighted by atomic mass is 127. The molecule has 0 saturated heterocycles. The maximum atomic E-state index is 12.2. The van der Waals surface area contributed by atoms with Crippen LogP contribution in [0.2, 0.25) is 0 Å². The molecule has 0 aliphatic carbocycles. The Kier molecular flexibility index (Phi) is 4.68. The molecule has 1 amide bonds. The molecule has 2 N–H and O–H groups in total. The standard InChI is InChI=1S/C13H11IN4O3/c1-15-12-11(6-10(7-16-12)18(20)21)13(19)17-9-4-2-8(14)3-5-9/h2-7H,1H3,(H,15,16)(H,17,19). The maximum Gasteiger partial charge on any atom is 0.288 e. The summed E-state index contributed by atoms with van der Waals surface area (Å²) in [5.41, 5.74) is 0.487. The summed E-state index contributed by atoms with van der Waals surface area (Å²) in [4.78, 5) is 26.3. The monoisotopic (exact) mass is 398 g/mol. The van der Waals surface area contributed by atoms with Crippen LogP contribution in [-0.4, -0.2) is 22.9 Å². The largest absolute Gasteiger partial charge is 0.372 e. The molecule has 1 aromatic heterocycles. The van der Waals surface area contributed by atoms with Crippen LogP contribution >= 0.6 is 22.6 Å². The molecule has 0 aliphatic heterocycles. The average Bonchev–Trinajstić information content (AvgIpc) is 2.48. The fourth-order valence-electron chi connectivity index (χ4n) is 1.66. The van der Waals surface area contributed by atoms with Gasteiger partial charge in [0.1, 0.15) is 12.0 Å². The first-order chi connectivity index (χ1) is 10.0. The van der Waals surface area contributed by atoms with E-state index in [1.54, 1.807) is 19.2 Å². The van der Waals surface area contributed by atoms with Gasteiger partial charge in [0.25, 0.3) is 11.6 Å². The van der Waals surface area contributed by atoms with Gasteiger partial charge in [0.05, 0.1) is 10.5 Å². The molecule has 0 atom stereocenters. The highest BCUT2D eigenvalue weighted by Crippen LogP contribution is 2.20. The molecule has 0 saturated carbocycles. The van der Waals surface area contributed by atoms with Crippen molar-refractivity contribution in [3.05, 3.63) is 55.8 Å². The third kappa shape index (κ3) is 3.66. The summed E-state index contributed by atoms with van der Waals surface area (Å²) in [6.07, 6.45) is 1.10. The number of aromatic nitrogens is 1. The van der Waals surface area contributed by atoms with E-state index in [0.29, 0.717) is 5.69 Å². The molecule has 0 aliphatic rings. The summed E-state index contributed by atoms with van der Waals surface area (Å²) < 4.78 is 1.04. The second-order valence-electron chi connectivity index (χ2n) is 4.06. The molecule has 2 aromatic rings. The van der Waals surface area contributed by atoms with Gasteiger partial charge in [-0.15, -0.1) is 0 Å². The molecular formula is C13H11IN4O3. The number of hydrogen-bond acceptors (Lipinski definition) is 5. The van der Waals surface area contributed by atoms with Gasteiger partial charge in [0.2, 0.25) is 0 Å². The van der Waals surface area contributed by atoms with Crippen molar-refractivity contribution >= 4 is 45.7 Å². The minimum atomic E-state index is -0.589. The second kappa shape index (κ2) is 6.48. The third-order valence-corrected chi connectivity index (χ3v) is 3.39. The quantitative estimate of drug-likeness (QED) is 0.469. The Morgan fingerprint density at radius 2 is 2.00 bits per heavy atom. The summed E-state index contributed by atoms with van der Waals surface area (Å²) in [5, 5.41) is 16.2. The maximum absolute atomic E-state index is 12.2. The molecule has 108 valence electrons. The van der Waals surface area contributed by atoms with Gasteiger partial charge in [-0.3, -0.25) is 14.9 Å². The molecule has 2 rings (SSSR count). The minimum absolute atomic E-state index is 0.116. The van der Waals surface area contributed by atoms with Crippen molar-refractivity contribution in [2.45, 2.75) is 0 Å². The number of rotatable bonds is 4. The van der Waals surface area contributed by atoms with Gasteiger partial charge in [-0.2, -0.15) is 0 Å². The number of benzene rings is 1. The first-order valence-electron chi connectivity index (χ1n) is 5.90. The number of nitro groups is 1. The number of pyridine rings is 1. The molecule has 0 fully saturated rings. The van der Waals surface area contributed by atoms with Crippen molar-refractivity contribution in [2.24, 2.45) is 0 Å². The summed E-state index contributed by atoms with van der Waals surface area (Å²) in [6, 6.07) is 8.40. The van der Waals surface area contributed by atoms with Crippen LogP contribution in [0.5, 0.6) is 0 Å². The van der Waals surface area contributed by atoms with Crippen molar-refractivity contribution in [3.8, 4) is 0 Å². The molecular weight excluding hydrogens is 387 g/mol. The molecule has 8 heteroatoms. The summed E-state index contributed by atoms with van der Waals surface area (Å²) in [7, 11) is 1.59. The van der Waals surface area contributed by atoms with Crippen LogP contribution < -0.4 is 10.6 Å². The van der Waals surface area contributed by atoms with Crippen molar-refractivity contribution in [1.29, 1.82) is 0 Å². The van der Waals surface area contributed by atoms with Crippen LogP contribution in [0.3, 0.4) is 0 Å². The van der Waals surface area contributed by atoms with Crippen LogP contribution in [0.4, 0.5) is 17.2 Å². The topological polar surface area (TPSA) is 97.2 Å². The second-order valence-corrected chi connectivity index (χ2v) is 5.30. The lowest BCUT2D eigenvalue weighted by Gasteiger charge is -2.09. The lowest BCUT2D eigenvalue weighted by Crippen LogP contribution is -2.15. The Labute approximate surface area is 134 Å². The lowest BCUT2D eigenvalue weighted by molar-refractivity contribution is -0.385. The fourth-order valence-corrected chi connectivity index (χ4v) is 2.02. The molecule has 1 aromatic carbocycles. The minimum Gasteiger partial charge on any atom is -0.372 e. The molecule has 21 heavy (non-hydrogen) atoms. The average molecular weight is 398 g/mol. The summed E-state index contributed by atoms with van der Waals surface area (Å²) >= 11 is 2.16. The SMILES string of the molecule is CNc1ncc([N+](=O)[O-])cc1C(=O)Nc1ccc(I)cc1. The van der Waals surface area contributed by atoms with Gasteiger partial charge < -0.3 is 10.6 Å². The smallest absolute Gasteiger partial charge is 0.288 e. The predicted octanol–water partition coefficient (Wildman–Crippen LogP) is 2.89. The van der Waals surface area contributed by atoms with Gasteiger partial charge >= 0.3 is 0 Å². The fraction of sp³-hybridized carbons (Fsp3) is 0.0769. The van der Waals surface area contributed by atoms with Crippen LogP contribution in [-0.2, 0) is 0 Å². The lowest BCUT2D eigenvalue weighted by atomic mass is 10.2. The van der Waals surface area contributed by atoms with Crippen molar-refractivity contribution in [3.63, 3.8) is 0 Å². The molecule has 7 nitrogen and oxygen atoms in total. The number of nitrogens with one attached hydrogen (secondary N) is 2. The Morgan fingerprint density at radius 3 is 2.57 bits per heavy atom. The van der Waals surface area contributed by atoms with E-state index >= 15 is 0 Å². The Bertz CT molecular complexity index is 688. The molecule has 1 heterocycles. The Hall–Kier alpha value is -2.23. The first-order valence-corrected chi connectivity index (χ1v) is 6.98. The van der Waals surface area contributed by atoms with Crippen LogP contribution in [0.1, 0.15) is 10.4 Å². The number of amides is 1. The van der Waals surface area contributed by atoms with E-state index < -0.39 is 10.8 Å². The van der Waals surface area contributed by atoms with Gasteiger partial charge in [-0.1, -0.05) is 0 Å². The molecule has 0 radical (unpaired) electrons. The number of anilines is 2. The Morgan fingerprint density at radius 1 is 1.33 bits per heavy atom. The van der Waals surface area contributed by atoms with E-state index in [1.165, 1.54) is 6.07 Å². The molecule has 0 unspecified atom stereocenters. The van der Waals surface area contributed by atoms with Crippen LogP contribution in [0.25, 0.3) is 0 Å². The van der Waals surface area contributed by atoms with E-state index in [9.17, 15) is 14.9 Å². The highest BCUT2D eigenvalue weighted by molar-refractivity contribution is 14.1. The summed E-state index contributed by atoms with van der Waals surface area (Å²) in [5.74, 6) is -0.180. The van der Waals surface area contributed by atoms with E-state index in [0.717, 1.165) is 9.77 Å². The van der Waals surface area contributed by atoms with Gasteiger partial charge in [0, 0.05) is 22.4 Å². The summed E-state index contributed by atoms with van der Waals surface area (Å²) in [6.45, 7) is 0. The van der Waals surface area contributed by atoms with Crippen LogP contribution in [0.15, 0.2) is 36.5 Å². The zero-order valence-electron chi connectivity index (χ0n) is 11.0. The van der Waals surface area contributed by atoms with E-state index in [1.807, 2.05) is 12.1 Å². The Balaban J connectivity index is 2.30.